The van der Waals surface area contributed by atoms with Crippen LogP contribution >= 0.6 is 0 Å². The monoisotopic (exact) mass is 273 g/mol. The Morgan fingerprint density at radius 1 is 1.45 bits per heavy atom. The number of likely N-dealkylation sites (tertiary alicyclic amines) is 1. The zero-order valence-corrected chi connectivity index (χ0v) is 11.6. The molecule has 106 valence electrons. The van der Waals surface area contributed by atoms with Gasteiger partial charge in [0.2, 0.25) is 5.91 Å². The van der Waals surface area contributed by atoms with Crippen molar-refractivity contribution in [1.82, 2.24) is 4.90 Å². The van der Waals surface area contributed by atoms with Gasteiger partial charge in [0.1, 0.15) is 0 Å². The minimum atomic E-state index is -0.970. The highest BCUT2D eigenvalue weighted by Gasteiger charge is 2.25. The third-order valence-electron chi connectivity index (χ3n) is 3.62. The molecule has 1 atom stereocenters. The molecule has 20 heavy (non-hydrogen) atoms. The number of benzene rings is 1. The van der Waals surface area contributed by atoms with Crippen molar-refractivity contribution in [2.45, 2.75) is 26.3 Å². The lowest BCUT2D eigenvalue weighted by Gasteiger charge is -2.31. The first-order valence-corrected chi connectivity index (χ1v) is 6.85. The van der Waals surface area contributed by atoms with E-state index in [-0.39, 0.29) is 11.8 Å². The minimum Gasteiger partial charge on any atom is -0.478 e. The van der Waals surface area contributed by atoms with E-state index in [1.54, 1.807) is 6.08 Å². The molecule has 1 aliphatic rings. The van der Waals surface area contributed by atoms with E-state index in [2.05, 4.69) is 0 Å². The maximum atomic E-state index is 12.1. The number of carbonyl (C=O) groups is 2. The number of hydrogen-bond donors (Lipinski definition) is 1. The first-order valence-electron chi connectivity index (χ1n) is 6.85. The fraction of sp³-hybridized carbons (Fsp3) is 0.375. The van der Waals surface area contributed by atoms with Gasteiger partial charge in [-0.3, -0.25) is 4.79 Å². The fourth-order valence-corrected chi connectivity index (χ4v) is 2.50. The molecule has 4 nitrogen and oxygen atoms in total. The Hall–Kier alpha value is -2.10. The van der Waals surface area contributed by atoms with Gasteiger partial charge >= 0.3 is 5.97 Å². The summed E-state index contributed by atoms with van der Waals surface area (Å²) < 4.78 is 0. The molecule has 0 radical (unpaired) electrons. The maximum absolute atomic E-state index is 12.1. The Kier molecular flexibility index (Phi) is 4.56. The van der Waals surface area contributed by atoms with Crippen molar-refractivity contribution in [3.8, 4) is 0 Å². The highest BCUT2D eigenvalue weighted by Crippen LogP contribution is 2.21. The normalized spacial score (nSPS) is 19.6. The maximum Gasteiger partial charge on any atom is 0.328 e. The molecule has 0 aromatic heterocycles. The van der Waals surface area contributed by atoms with Crippen LogP contribution in [-0.2, 0) is 16.1 Å². The first-order chi connectivity index (χ1) is 9.58. The summed E-state index contributed by atoms with van der Waals surface area (Å²) in [6.45, 7) is 3.29. The summed E-state index contributed by atoms with van der Waals surface area (Å²) in [5, 5.41) is 8.71. The van der Waals surface area contributed by atoms with Gasteiger partial charge in [0.15, 0.2) is 0 Å². The molecule has 4 heteroatoms. The Balaban J connectivity index is 2.16. The van der Waals surface area contributed by atoms with E-state index in [1.807, 2.05) is 36.1 Å². The molecule has 1 N–H and O–H groups in total. The van der Waals surface area contributed by atoms with E-state index >= 15 is 0 Å². The van der Waals surface area contributed by atoms with Gasteiger partial charge in [0, 0.05) is 25.1 Å². The summed E-state index contributed by atoms with van der Waals surface area (Å²) in [7, 11) is 0. The van der Waals surface area contributed by atoms with Crippen LogP contribution < -0.4 is 0 Å². The lowest BCUT2D eigenvalue weighted by atomic mass is 9.98. The summed E-state index contributed by atoms with van der Waals surface area (Å²) in [6.07, 6.45) is 4.69. The van der Waals surface area contributed by atoms with Crippen LogP contribution in [-0.4, -0.2) is 28.4 Å². The smallest absolute Gasteiger partial charge is 0.328 e. The number of hydrogen-bond acceptors (Lipinski definition) is 2. The number of aliphatic carboxylic acids is 1. The van der Waals surface area contributed by atoms with E-state index in [0.29, 0.717) is 6.54 Å². The third kappa shape index (κ3) is 3.47. The molecule has 0 bridgehead atoms. The molecule has 1 aromatic rings. The van der Waals surface area contributed by atoms with Gasteiger partial charge in [-0.25, -0.2) is 4.79 Å². The molecule has 1 fully saturated rings. The van der Waals surface area contributed by atoms with Crippen LogP contribution in [0, 0.1) is 5.92 Å². The second kappa shape index (κ2) is 6.37. The number of nitrogens with zero attached hydrogens (tertiary/aromatic N) is 1. The van der Waals surface area contributed by atoms with Gasteiger partial charge in [-0.2, -0.15) is 0 Å². The highest BCUT2D eigenvalue weighted by molar-refractivity contribution is 5.85. The Morgan fingerprint density at radius 2 is 2.20 bits per heavy atom. The molecular formula is C16H19NO3. The molecule has 1 saturated heterocycles. The SMILES string of the molecule is CC1CCCN(Cc2ccccc2/C=C/C(=O)O)C1=O. The van der Waals surface area contributed by atoms with Crippen LogP contribution in [0.3, 0.4) is 0 Å². The summed E-state index contributed by atoms with van der Waals surface area (Å²) in [6, 6.07) is 7.58. The summed E-state index contributed by atoms with van der Waals surface area (Å²) in [5.41, 5.74) is 1.83. The van der Waals surface area contributed by atoms with E-state index < -0.39 is 5.97 Å². The Bertz CT molecular complexity index is 536. The predicted molar refractivity (Wildman–Crippen MR) is 76.9 cm³/mol. The average molecular weight is 273 g/mol. The van der Waals surface area contributed by atoms with Gasteiger partial charge in [-0.15, -0.1) is 0 Å². The van der Waals surface area contributed by atoms with Crippen LogP contribution in [0.4, 0.5) is 0 Å². The molecule has 1 aliphatic heterocycles. The number of carbonyl (C=O) groups excluding carboxylic acids is 1. The molecule has 1 aromatic carbocycles. The van der Waals surface area contributed by atoms with Crippen LogP contribution in [0.5, 0.6) is 0 Å². The molecule has 1 unspecified atom stereocenters. The van der Waals surface area contributed by atoms with Crippen molar-refractivity contribution in [3.05, 3.63) is 41.5 Å². The predicted octanol–water partition coefficient (Wildman–Crippen LogP) is 2.54. The molecule has 1 heterocycles. The first kappa shape index (κ1) is 14.3. The van der Waals surface area contributed by atoms with Gasteiger partial charge in [0.05, 0.1) is 0 Å². The van der Waals surface area contributed by atoms with Crippen molar-refractivity contribution in [1.29, 1.82) is 0 Å². The standard InChI is InChI=1S/C16H19NO3/c1-12-5-4-10-17(16(12)20)11-14-7-3-2-6-13(14)8-9-15(18)19/h2-3,6-9,12H,4-5,10-11H2,1H3,(H,18,19)/b9-8+. The molecule has 0 saturated carbocycles. The molecule has 1 amide bonds. The van der Waals surface area contributed by atoms with Crippen LogP contribution in [0.1, 0.15) is 30.9 Å². The van der Waals surface area contributed by atoms with Crippen molar-refractivity contribution in [3.63, 3.8) is 0 Å². The summed E-state index contributed by atoms with van der Waals surface area (Å²) in [5.74, 6) is -0.693. The largest absolute Gasteiger partial charge is 0.478 e. The van der Waals surface area contributed by atoms with E-state index in [0.717, 1.165) is 36.6 Å². The van der Waals surface area contributed by atoms with E-state index in [4.69, 9.17) is 5.11 Å². The zero-order valence-electron chi connectivity index (χ0n) is 11.6. The highest BCUT2D eigenvalue weighted by atomic mass is 16.4. The number of carboxylic acid groups (broad SMARTS) is 1. The van der Waals surface area contributed by atoms with Gasteiger partial charge in [0.25, 0.3) is 0 Å². The number of rotatable bonds is 4. The Labute approximate surface area is 118 Å². The number of piperidine rings is 1. The summed E-state index contributed by atoms with van der Waals surface area (Å²) >= 11 is 0. The van der Waals surface area contributed by atoms with Gasteiger partial charge in [-0.1, -0.05) is 31.2 Å². The molecule has 0 spiro atoms. The topological polar surface area (TPSA) is 57.6 Å². The molecular weight excluding hydrogens is 254 g/mol. The van der Waals surface area contributed by atoms with Crippen molar-refractivity contribution in [2.75, 3.05) is 6.54 Å². The number of carboxylic acids is 1. The lowest BCUT2D eigenvalue weighted by Crippen LogP contribution is -2.39. The van der Waals surface area contributed by atoms with Gasteiger partial charge < -0.3 is 10.0 Å². The lowest BCUT2D eigenvalue weighted by molar-refractivity contribution is -0.138. The molecule has 2 rings (SSSR count). The fourth-order valence-electron chi connectivity index (χ4n) is 2.50. The summed E-state index contributed by atoms with van der Waals surface area (Å²) in [4.78, 5) is 24.6. The zero-order chi connectivity index (χ0) is 14.5. The average Bonchev–Trinajstić information content (AvgIpc) is 2.43. The van der Waals surface area contributed by atoms with Gasteiger partial charge in [-0.05, 0) is 30.0 Å². The van der Waals surface area contributed by atoms with Crippen molar-refractivity contribution >= 4 is 18.0 Å². The van der Waals surface area contributed by atoms with Crippen molar-refractivity contribution < 1.29 is 14.7 Å². The Morgan fingerprint density at radius 3 is 2.95 bits per heavy atom. The number of amides is 1. The van der Waals surface area contributed by atoms with Crippen LogP contribution in [0.2, 0.25) is 0 Å². The third-order valence-corrected chi connectivity index (χ3v) is 3.62. The second-order valence-electron chi connectivity index (χ2n) is 5.17. The molecule has 0 aliphatic carbocycles. The van der Waals surface area contributed by atoms with Crippen LogP contribution in [0.15, 0.2) is 30.3 Å². The van der Waals surface area contributed by atoms with Crippen LogP contribution in [0.25, 0.3) is 6.08 Å². The van der Waals surface area contributed by atoms with E-state index in [1.165, 1.54) is 0 Å². The minimum absolute atomic E-state index is 0.0884. The van der Waals surface area contributed by atoms with E-state index in [9.17, 15) is 9.59 Å². The quantitative estimate of drug-likeness (QED) is 0.858. The van der Waals surface area contributed by atoms with Crippen molar-refractivity contribution in [2.24, 2.45) is 5.92 Å². The second-order valence-corrected chi connectivity index (χ2v) is 5.17.